The number of nitrogens with zero attached hydrogens (tertiary/aromatic N) is 2. The number of sulfonamides is 1. The van der Waals surface area contributed by atoms with Gasteiger partial charge in [-0.2, -0.15) is 0 Å². The van der Waals surface area contributed by atoms with Crippen molar-refractivity contribution in [3.05, 3.63) is 59.7 Å². The summed E-state index contributed by atoms with van der Waals surface area (Å²) in [6, 6.07) is 13.4. The molecular formula is C25H30N2O5S. The lowest BCUT2D eigenvalue weighted by molar-refractivity contribution is -0.136. The molecule has 1 aliphatic heterocycles. The van der Waals surface area contributed by atoms with Crippen LogP contribution in [0.25, 0.3) is 0 Å². The Morgan fingerprint density at radius 1 is 1.06 bits per heavy atom. The van der Waals surface area contributed by atoms with Crippen molar-refractivity contribution in [2.45, 2.75) is 50.0 Å². The molecule has 176 valence electrons. The minimum Gasteiger partial charge on any atom is -0.452 e. The number of ether oxygens (including phenoxy) is 1. The zero-order valence-corrected chi connectivity index (χ0v) is 19.9. The normalized spacial score (nSPS) is 20.2. The highest BCUT2D eigenvalue weighted by atomic mass is 32.2. The van der Waals surface area contributed by atoms with Crippen LogP contribution < -0.4 is 4.31 Å². The molecule has 1 saturated carbocycles. The van der Waals surface area contributed by atoms with E-state index in [4.69, 9.17) is 4.74 Å². The van der Waals surface area contributed by atoms with E-state index in [1.807, 2.05) is 18.2 Å². The summed E-state index contributed by atoms with van der Waals surface area (Å²) in [4.78, 5) is 26.8. The lowest BCUT2D eigenvalue weighted by atomic mass is 9.87. The third kappa shape index (κ3) is 4.90. The number of hydrogen-bond donors (Lipinski definition) is 0. The predicted octanol–water partition coefficient (Wildman–Crippen LogP) is 3.63. The zero-order valence-electron chi connectivity index (χ0n) is 19.1. The Kier molecular flexibility index (Phi) is 6.74. The first kappa shape index (κ1) is 23.3. The number of fused-ring (bicyclic) bond motifs is 1. The Balaban J connectivity index is 1.41. The second kappa shape index (κ2) is 9.55. The largest absolute Gasteiger partial charge is 0.452 e. The molecule has 0 unspecified atom stereocenters. The summed E-state index contributed by atoms with van der Waals surface area (Å²) >= 11 is 0. The summed E-state index contributed by atoms with van der Waals surface area (Å²) < 4.78 is 33.1. The van der Waals surface area contributed by atoms with Gasteiger partial charge in [0.25, 0.3) is 15.9 Å². The highest BCUT2D eigenvalue weighted by Gasteiger charge is 2.31. The van der Waals surface area contributed by atoms with E-state index in [0.717, 1.165) is 31.2 Å². The van der Waals surface area contributed by atoms with Crippen LogP contribution in [0, 0.1) is 5.92 Å². The van der Waals surface area contributed by atoms with Crippen LogP contribution >= 0.6 is 0 Å². The van der Waals surface area contributed by atoms with E-state index in [2.05, 4.69) is 6.92 Å². The topological polar surface area (TPSA) is 84.0 Å². The van der Waals surface area contributed by atoms with Gasteiger partial charge in [-0.05, 0) is 67.9 Å². The molecule has 0 radical (unpaired) electrons. The molecule has 0 spiro atoms. The molecule has 2 aromatic rings. The number of anilines is 1. The number of benzene rings is 2. The van der Waals surface area contributed by atoms with Gasteiger partial charge in [-0.1, -0.05) is 31.2 Å². The van der Waals surface area contributed by atoms with E-state index in [0.29, 0.717) is 24.6 Å². The molecule has 0 bridgehead atoms. The molecule has 1 fully saturated rings. The summed E-state index contributed by atoms with van der Waals surface area (Å²) in [5.74, 6) is -0.284. The Morgan fingerprint density at radius 2 is 1.79 bits per heavy atom. The molecule has 0 aromatic heterocycles. The molecule has 7 nitrogen and oxygen atoms in total. The predicted molar refractivity (Wildman–Crippen MR) is 126 cm³/mol. The van der Waals surface area contributed by atoms with Gasteiger partial charge in [0, 0.05) is 19.6 Å². The molecule has 1 heterocycles. The number of para-hydroxylation sites is 1. The van der Waals surface area contributed by atoms with Gasteiger partial charge in [-0.3, -0.25) is 9.10 Å². The van der Waals surface area contributed by atoms with Crippen molar-refractivity contribution in [1.29, 1.82) is 0 Å². The first-order valence-electron chi connectivity index (χ1n) is 11.4. The lowest BCUT2D eigenvalue weighted by Gasteiger charge is -2.33. The highest BCUT2D eigenvalue weighted by molar-refractivity contribution is 7.92. The zero-order chi connectivity index (χ0) is 23.6. The third-order valence-electron chi connectivity index (χ3n) is 6.76. The van der Waals surface area contributed by atoms with Crippen molar-refractivity contribution in [3.63, 3.8) is 0 Å². The first-order chi connectivity index (χ1) is 15.8. The standard InChI is InChI=1S/C25H30N2O5S/c1-18-10-12-21(13-11-18)26(2)24(28)17-32-25(29)20-7-5-8-22(16-20)33(30,31)27-15-14-19-6-3-4-9-23(19)27/h3-9,16,18,21H,10-15,17H2,1-2H3. The maximum atomic E-state index is 13.2. The number of rotatable bonds is 6. The van der Waals surface area contributed by atoms with Crippen LogP contribution in [-0.2, 0) is 26.0 Å². The van der Waals surface area contributed by atoms with E-state index in [1.54, 1.807) is 18.0 Å². The average Bonchev–Trinajstić information content (AvgIpc) is 3.27. The fraction of sp³-hybridized carbons (Fsp3) is 0.440. The summed E-state index contributed by atoms with van der Waals surface area (Å²) in [6.45, 7) is 2.21. The van der Waals surface area contributed by atoms with Gasteiger partial charge >= 0.3 is 5.97 Å². The van der Waals surface area contributed by atoms with Crippen molar-refractivity contribution in [3.8, 4) is 0 Å². The third-order valence-corrected chi connectivity index (χ3v) is 8.56. The van der Waals surface area contributed by atoms with E-state index < -0.39 is 16.0 Å². The molecular weight excluding hydrogens is 440 g/mol. The Bertz CT molecular complexity index is 1140. The van der Waals surface area contributed by atoms with Gasteiger partial charge in [0.2, 0.25) is 0 Å². The van der Waals surface area contributed by atoms with Gasteiger partial charge in [0.15, 0.2) is 6.61 Å². The monoisotopic (exact) mass is 470 g/mol. The Morgan fingerprint density at radius 3 is 2.55 bits per heavy atom. The van der Waals surface area contributed by atoms with Crippen LogP contribution in [0.3, 0.4) is 0 Å². The number of esters is 1. The molecule has 0 atom stereocenters. The second-order valence-corrected chi connectivity index (χ2v) is 10.8. The van der Waals surface area contributed by atoms with Crippen molar-refractivity contribution in [2.75, 3.05) is 24.5 Å². The molecule has 8 heteroatoms. The summed E-state index contributed by atoms with van der Waals surface area (Å²) in [5, 5.41) is 0. The molecule has 2 aliphatic rings. The summed E-state index contributed by atoms with van der Waals surface area (Å²) in [5.41, 5.74) is 1.74. The average molecular weight is 471 g/mol. The van der Waals surface area contributed by atoms with Crippen LogP contribution in [0.5, 0.6) is 0 Å². The van der Waals surface area contributed by atoms with Gasteiger partial charge in [-0.15, -0.1) is 0 Å². The molecule has 1 amide bonds. The van der Waals surface area contributed by atoms with Crippen LogP contribution in [0.2, 0.25) is 0 Å². The maximum Gasteiger partial charge on any atom is 0.338 e. The molecule has 0 saturated heterocycles. The number of hydrogen-bond acceptors (Lipinski definition) is 5. The van der Waals surface area contributed by atoms with Crippen molar-refractivity contribution < 1.29 is 22.7 Å². The lowest BCUT2D eigenvalue weighted by Crippen LogP contribution is -2.41. The second-order valence-electron chi connectivity index (χ2n) is 8.98. The van der Waals surface area contributed by atoms with E-state index in [9.17, 15) is 18.0 Å². The molecule has 2 aromatic carbocycles. The van der Waals surface area contributed by atoms with Crippen molar-refractivity contribution in [1.82, 2.24) is 4.90 Å². The Labute approximate surface area is 195 Å². The van der Waals surface area contributed by atoms with Gasteiger partial charge in [0.1, 0.15) is 0 Å². The molecule has 0 N–H and O–H groups in total. The van der Waals surface area contributed by atoms with Gasteiger partial charge in [0.05, 0.1) is 16.1 Å². The fourth-order valence-electron chi connectivity index (χ4n) is 4.61. The molecule has 33 heavy (non-hydrogen) atoms. The van der Waals surface area contributed by atoms with Crippen LogP contribution in [0.15, 0.2) is 53.4 Å². The van der Waals surface area contributed by atoms with E-state index >= 15 is 0 Å². The minimum atomic E-state index is -3.82. The smallest absolute Gasteiger partial charge is 0.338 e. The molecule has 1 aliphatic carbocycles. The van der Waals surface area contributed by atoms with E-state index in [-0.39, 0.29) is 29.0 Å². The maximum absolute atomic E-state index is 13.2. The summed E-state index contributed by atoms with van der Waals surface area (Å²) in [6.07, 6.45) is 4.73. The molecule has 4 rings (SSSR count). The van der Waals surface area contributed by atoms with Crippen LogP contribution in [0.4, 0.5) is 5.69 Å². The van der Waals surface area contributed by atoms with E-state index in [1.165, 1.54) is 28.6 Å². The van der Waals surface area contributed by atoms with Crippen LogP contribution in [-0.4, -0.2) is 51.4 Å². The van der Waals surface area contributed by atoms with Gasteiger partial charge in [-0.25, -0.2) is 13.2 Å². The SMILES string of the molecule is CC1CCC(N(C)C(=O)COC(=O)c2cccc(S(=O)(=O)N3CCc4ccccc43)c2)CC1. The van der Waals surface area contributed by atoms with Gasteiger partial charge < -0.3 is 9.64 Å². The number of likely N-dealkylation sites (N-methyl/N-ethyl adjacent to an activating group) is 1. The highest BCUT2D eigenvalue weighted by Crippen LogP contribution is 2.33. The first-order valence-corrected chi connectivity index (χ1v) is 12.8. The number of carbonyl (C=O) groups excluding carboxylic acids is 2. The Hall–Kier alpha value is -2.87. The fourth-order valence-corrected chi connectivity index (χ4v) is 6.16. The number of amides is 1. The minimum absolute atomic E-state index is 0.0217. The van der Waals surface area contributed by atoms with Crippen molar-refractivity contribution in [2.24, 2.45) is 5.92 Å². The summed E-state index contributed by atoms with van der Waals surface area (Å²) in [7, 11) is -2.07. The van der Waals surface area contributed by atoms with Crippen LogP contribution in [0.1, 0.15) is 48.5 Å². The quantitative estimate of drug-likeness (QED) is 0.602. The number of carbonyl (C=O) groups is 2. The van der Waals surface area contributed by atoms with Crippen molar-refractivity contribution >= 4 is 27.6 Å².